The van der Waals surface area contributed by atoms with Crippen molar-refractivity contribution in [2.75, 3.05) is 0 Å². The second-order valence-electron chi connectivity index (χ2n) is 2.61. The molecule has 2 nitrogen and oxygen atoms in total. The van der Waals surface area contributed by atoms with Crippen LogP contribution in [0.5, 0.6) is 5.75 Å². The first-order valence-electron chi connectivity index (χ1n) is 3.46. The number of hydrogen-bond donors (Lipinski definition) is 2. The van der Waals surface area contributed by atoms with Gasteiger partial charge in [-0.1, -0.05) is 15.9 Å². The third kappa shape index (κ3) is 1.76. The summed E-state index contributed by atoms with van der Waals surface area (Å²) in [6.45, 7) is 1.62. The summed E-state index contributed by atoms with van der Waals surface area (Å²) in [5.74, 6) is -0.603. The predicted molar refractivity (Wildman–Crippen MR) is 48.4 cm³/mol. The van der Waals surface area contributed by atoms with Crippen molar-refractivity contribution in [1.29, 1.82) is 0 Å². The zero-order chi connectivity index (χ0) is 9.30. The van der Waals surface area contributed by atoms with Gasteiger partial charge in [-0.05, 0) is 19.1 Å². The Labute approximate surface area is 78.3 Å². The van der Waals surface area contributed by atoms with E-state index in [0.29, 0.717) is 4.47 Å². The van der Waals surface area contributed by atoms with E-state index in [-0.39, 0.29) is 11.3 Å². The van der Waals surface area contributed by atoms with Crippen molar-refractivity contribution in [2.24, 2.45) is 5.73 Å². The average molecular weight is 234 g/mol. The van der Waals surface area contributed by atoms with Gasteiger partial charge in [-0.15, -0.1) is 0 Å². The zero-order valence-corrected chi connectivity index (χ0v) is 8.10. The number of halogens is 2. The molecule has 0 saturated heterocycles. The van der Waals surface area contributed by atoms with E-state index in [2.05, 4.69) is 15.9 Å². The van der Waals surface area contributed by atoms with Crippen LogP contribution in [0.4, 0.5) is 4.39 Å². The average Bonchev–Trinajstić information content (AvgIpc) is 1.82. The van der Waals surface area contributed by atoms with Gasteiger partial charge in [0.25, 0.3) is 0 Å². The second-order valence-corrected chi connectivity index (χ2v) is 3.52. The van der Waals surface area contributed by atoms with Crippen LogP contribution in [0.1, 0.15) is 18.5 Å². The molecule has 0 unspecified atom stereocenters. The molecule has 1 rings (SSSR count). The van der Waals surface area contributed by atoms with Crippen molar-refractivity contribution in [3.63, 3.8) is 0 Å². The first kappa shape index (κ1) is 9.48. The Morgan fingerprint density at radius 2 is 2.17 bits per heavy atom. The normalized spacial score (nSPS) is 13.0. The van der Waals surface area contributed by atoms with Crippen LogP contribution >= 0.6 is 15.9 Å². The molecule has 0 bridgehead atoms. The molecule has 0 aliphatic rings. The molecule has 4 heteroatoms. The summed E-state index contributed by atoms with van der Waals surface area (Å²) in [6.07, 6.45) is 0. The van der Waals surface area contributed by atoms with Crippen LogP contribution in [0.3, 0.4) is 0 Å². The van der Waals surface area contributed by atoms with Crippen LogP contribution in [0.25, 0.3) is 0 Å². The van der Waals surface area contributed by atoms with E-state index in [1.54, 1.807) is 6.92 Å². The summed E-state index contributed by atoms with van der Waals surface area (Å²) in [7, 11) is 0. The van der Waals surface area contributed by atoms with Gasteiger partial charge in [0.2, 0.25) is 0 Å². The van der Waals surface area contributed by atoms with Gasteiger partial charge in [0.05, 0.1) is 0 Å². The quantitative estimate of drug-likeness (QED) is 0.783. The largest absolute Gasteiger partial charge is 0.507 e. The molecule has 0 spiro atoms. The first-order valence-corrected chi connectivity index (χ1v) is 4.25. The molecule has 0 saturated carbocycles. The molecule has 3 N–H and O–H groups in total. The van der Waals surface area contributed by atoms with Gasteiger partial charge in [0, 0.05) is 16.1 Å². The van der Waals surface area contributed by atoms with Gasteiger partial charge in [0.15, 0.2) is 0 Å². The molecule has 1 aromatic carbocycles. The van der Waals surface area contributed by atoms with Gasteiger partial charge in [-0.2, -0.15) is 0 Å². The van der Waals surface area contributed by atoms with E-state index in [1.807, 2.05) is 0 Å². The molecular weight excluding hydrogens is 225 g/mol. The maximum absolute atomic E-state index is 13.1. The van der Waals surface area contributed by atoms with Gasteiger partial charge < -0.3 is 10.8 Å². The van der Waals surface area contributed by atoms with Crippen LogP contribution in [-0.4, -0.2) is 5.11 Å². The Kier molecular flexibility index (Phi) is 2.69. The third-order valence-electron chi connectivity index (χ3n) is 1.53. The van der Waals surface area contributed by atoms with Crippen molar-refractivity contribution in [3.05, 3.63) is 28.0 Å². The molecule has 66 valence electrons. The standard InChI is InChI=1S/C8H9BrFNO/c1-4(11)8-6(10)2-5(9)3-7(8)12/h2-4,12H,11H2,1H3/t4-/m0/s1. The summed E-state index contributed by atoms with van der Waals surface area (Å²) < 4.78 is 13.6. The van der Waals surface area contributed by atoms with Gasteiger partial charge >= 0.3 is 0 Å². The summed E-state index contributed by atoms with van der Waals surface area (Å²) in [5, 5.41) is 9.29. The topological polar surface area (TPSA) is 46.2 Å². The lowest BCUT2D eigenvalue weighted by Crippen LogP contribution is -2.07. The Balaban J connectivity index is 3.28. The van der Waals surface area contributed by atoms with Crippen molar-refractivity contribution in [1.82, 2.24) is 0 Å². The Morgan fingerprint density at radius 1 is 1.58 bits per heavy atom. The number of rotatable bonds is 1. The minimum atomic E-state index is -0.502. The highest BCUT2D eigenvalue weighted by atomic mass is 79.9. The van der Waals surface area contributed by atoms with E-state index in [4.69, 9.17) is 5.73 Å². The summed E-state index contributed by atoms with van der Waals surface area (Å²) in [6, 6.07) is 2.19. The number of benzene rings is 1. The van der Waals surface area contributed by atoms with E-state index in [0.717, 1.165) is 0 Å². The molecule has 0 aromatic heterocycles. The fourth-order valence-electron chi connectivity index (χ4n) is 1.02. The molecule has 0 fully saturated rings. The fourth-order valence-corrected chi connectivity index (χ4v) is 1.44. The highest BCUT2D eigenvalue weighted by molar-refractivity contribution is 9.10. The van der Waals surface area contributed by atoms with Crippen LogP contribution in [0.2, 0.25) is 0 Å². The van der Waals surface area contributed by atoms with Crippen molar-refractivity contribution >= 4 is 15.9 Å². The molecule has 1 atom stereocenters. The maximum atomic E-state index is 13.1. The van der Waals surface area contributed by atoms with Crippen LogP contribution in [-0.2, 0) is 0 Å². The minimum Gasteiger partial charge on any atom is -0.507 e. The second kappa shape index (κ2) is 3.41. The van der Waals surface area contributed by atoms with Crippen LogP contribution < -0.4 is 5.73 Å². The Hall–Kier alpha value is -0.610. The van der Waals surface area contributed by atoms with Crippen LogP contribution in [0, 0.1) is 5.82 Å². The zero-order valence-electron chi connectivity index (χ0n) is 6.51. The lowest BCUT2D eigenvalue weighted by molar-refractivity contribution is 0.451. The monoisotopic (exact) mass is 233 g/mol. The fraction of sp³-hybridized carbons (Fsp3) is 0.250. The summed E-state index contributed by atoms with van der Waals surface area (Å²) >= 11 is 3.06. The highest BCUT2D eigenvalue weighted by Gasteiger charge is 2.12. The third-order valence-corrected chi connectivity index (χ3v) is 1.99. The number of phenolic OH excluding ortho intramolecular Hbond substituents is 1. The summed E-state index contributed by atoms with van der Waals surface area (Å²) in [5.41, 5.74) is 5.60. The van der Waals surface area contributed by atoms with Gasteiger partial charge in [-0.25, -0.2) is 4.39 Å². The smallest absolute Gasteiger partial charge is 0.132 e. The Morgan fingerprint density at radius 3 is 2.58 bits per heavy atom. The lowest BCUT2D eigenvalue weighted by atomic mass is 10.1. The van der Waals surface area contributed by atoms with E-state index >= 15 is 0 Å². The SMILES string of the molecule is C[C@H](N)c1c(O)cc(Br)cc1F. The molecule has 0 amide bonds. The summed E-state index contributed by atoms with van der Waals surface area (Å²) in [4.78, 5) is 0. The van der Waals surface area contributed by atoms with Crippen LogP contribution in [0.15, 0.2) is 16.6 Å². The van der Waals surface area contributed by atoms with Gasteiger partial charge in [0.1, 0.15) is 11.6 Å². The number of phenols is 1. The predicted octanol–water partition coefficient (Wildman–Crippen LogP) is 2.31. The molecule has 1 aromatic rings. The molecule has 0 heterocycles. The first-order chi connectivity index (χ1) is 5.52. The highest BCUT2D eigenvalue weighted by Crippen LogP contribution is 2.29. The van der Waals surface area contributed by atoms with Crippen molar-refractivity contribution in [2.45, 2.75) is 13.0 Å². The lowest BCUT2D eigenvalue weighted by Gasteiger charge is -2.09. The molecule has 0 radical (unpaired) electrons. The van der Waals surface area contributed by atoms with Crippen molar-refractivity contribution in [3.8, 4) is 5.75 Å². The van der Waals surface area contributed by atoms with Crippen molar-refractivity contribution < 1.29 is 9.50 Å². The van der Waals surface area contributed by atoms with E-state index < -0.39 is 11.9 Å². The molecule has 0 aliphatic heterocycles. The molecule has 12 heavy (non-hydrogen) atoms. The Bertz CT molecular complexity index is 278. The van der Waals surface area contributed by atoms with E-state index in [9.17, 15) is 9.50 Å². The number of hydrogen-bond acceptors (Lipinski definition) is 2. The number of aromatic hydroxyl groups is 1. The maximum Gasteiger partial charge on any atom is 0.132 e. The van der Waals surface area contributed by atoms with E-state index in [1.165, 1.54) is 12.1 Å². The van der Waals surface area contributed by atoms with Gasteiger partial charge in [-0.3, -0.25) is 0 Å². The minimum absolute atomic E-state index is 0.114. The number of nitrogens with two attached hydrogens (primary N) is 1. The molecule has 0 aliphatic carbocycles. The molecular formula is C8H9BrFNO.